The first kappa shape index (κ1) is 21.9. The van der Waals surface area contributed by atoms with Crippen molar-refractivity contribution in [1.82, 2.24) is 4.90 Å². The number of thioether (sulfide) groups is 1. The molecule has 7 heteroatoms. The highest BCUT2D eigenvalue weighted by Gasteiger charge is 2.38. The highest BCUT2D eigenvalue weighted by molar-refractivity contribution is 8.15. The Kier molecular flexibility index (Phi) is 7.90. The van der Waals surface area contributed by atoms with Crippen molar-refractivity contribution in [2.75, 3.05) is 19.0 Å². The van der Waals surface area contributed by atoms with Gasteiger partial charge in [-0.1, -0.05) is 61.9 Å². The number of benzene rings is 2. The van der Waals surface area contributed by atoms with Crippen LogP contribution in [0, 0.1) is 0 Å². The van der Waals surface area contributed by atoms with Crippen molar-refractivity contribution in [2.45, 2.75) is 37.9 Å². The van der Waals surface area contributed by atoms with Gasteiger partial charge in [0.2, 0.25) is 11.8 Å². The Morgan fingerprint density at radius 1 is 1.13 bits per heavy atom. The van der Waals surface area contributed by atoms with Gasteiger partial charge in [0.25, 0.3) is 0 Å². The van der Waals surface area contributed by atoms with Crippen LogP contribution >= 0.6 is 11.8 Å². The predicted octanol–water partition coefficient (Wildman–Crippen LogP) is 4.85. The lowest BCUT2D eigenvalue weighted by molar-refractivity contribution is -0.128. The molecular formula is C23H27N3O3S. The molecule has 1 atom stereocenters. The molecular weight excluding hydrogens is 398 g/mol. The molecule has 2 aromatic rings. The minimum absolute atomic E-state index is 0.0547. The first-order valence-electron chi connectivity index (χ1n) is 10.2. The second-order valence-electron chi connectivity index (χ2n) is 6.99. The van der Waals surface area contributed by atoms with Crippen molar-refractivity contribution in [3.8, 4) is 5.75 Å². The van der Waals surface area contributed by atoms with Crippen LogP contribution in [0.15, 0.2) is 59.6 Å². The summed E-state index contributed by atoms with van der Waals surface area (Å²) >= 11 is 1.36. The summed E-state index contributed by atoms with van der Waals surface area (Å²) in [6.07, 6.45) is 3.12. The Morgan fingerprint density at radius 2 is 1.87 bits per heavy atom. The van der Waals surface area contributed by atoms with E-state index in [0.717, 1.165) is 24.9 Å². The second-order valence-corrected chi connectivity index (χ2v) is 8.16. The van der Waals surface area contributed by atoms with Gasteiger partial charge in [-0.15, -0.1) is 0 Å². The molecule has 1 heterocycles. The molecule has 158 valence electrons. The van der Waals surface area contributed by atoms with Crippen LogP contribution in [0.3, 0.4) is 0 Å². The molecule has 0 saturated carbocycles. The van der Waals surface area contributed by atoms with Crippen molar-refractivity contribution in [3.63, 3.8) is 0 Å². The zero-order chi connectivity index (χ0) is 21.3. The lowest BCUT2D eigenvalue weighted by atomic mass is 10.2. The number of anilines is 1. The summed E-state index contributed by atoms with van der Waals surface area (Å²) in [4.78, 5) is 32.1. The number of nitrogens with one attached hydrogen (secondary N) is 1. The number of carbonyl (C=O) groups is 2. The van der Waals surface area contributed by atoms with Gasteiger partial charge in [0.1, 0.15) is 11.0 Å². The molecule has 0 spiro atoms. The van der Waals surface area contributed by atoms with E-state index in [1.54, 1.807) is 24.1 Å². The Morgan fingerprint density at radius 3 is 2.60 bits per heavy atom. The Balaban J connectivity index is 1.72. The molecule has 0 radical (unpaired) electrons. The fourth-order valence-electron chi connectivity index (χ4n) is 3.18. The number of methoxy groups -OCH3 is 1. The third-order valence-corrected chi connectivity index (χ3v) is 5.91. The predicted molar refractivity (Wildman–Crippen MR) is 122 cm³/mol. The summed E-state index contributed by atoms with van der Waals surface area (Å²) in [5.41, 5.74) is 1.39. The summed E-state index contributed by atoms with van der Waals surface area (Å²) in [6.45, 7) is 2.75. The molecule has 0 unspecified atom stereocenters. The minimum Gasteiger partial charge on any atom is -0.495 e. The molecule has 6 nitrogen and oxygen atoms in total. The summed E-state index contributed by atoms with van der Waals surface area (Å²) in [5, 5.41) is 3.03. The maximum Gasteiger partial charge on any atom is 0.242 e. The number of para-hydroxylation sites is 3. The van der Waals surface area contributed by atoms with Crippen LogP contribution < -0.4 is 10.1 Å². The molecule has 1 fully saturated rings. The standard InChI is InChI=1S/C23H27N3O3S/c1-3-4-10-15-26-22(28)20(30-23(26)24-17-11-6-5-7-12-17)16-21(27)25-18-13-8-9-14-19(18)29-2/h5-9,11-14,20H,3-4,10,15-16H2,1-2H3,(H,25,27)/t20-/m0/s1. The van der Waals surface area contributed by atoms with E-state index < -0.39 is 5.25 Å². The molecule has 1 aliphatic rings. The summed E-state index contributed by atoms with van der Waals surface area (Å²) in [6, 6.07) is 16.8. The third kappa shape index (κ3) is 5.63. The van der Waals surface area contributed by atoms with E-state index in [4.69, 9.17) is 4.74 Å². The Bertz CT molecular complexity index is 902. The first-order chi connectivity index (χ1) is 14.6. The monoisotopic (exact) mass is 425 g/mol. The summed E-state index contributed by atoms with van der Waals surface area (Å²) < 4.78 is 5.28. The normalized spacial score (nSPS) is 17.4. The van der Waals surface area contributed by atoms with Gasteiger partial charge in [-0.05, 0) is 30.7 Å². The van der Waals surface area contributed by atoms with Crippen LogP contribution in [-0.4, -0.2) is 40.8 Å². The van der Waals surface area contributed by atoms with Gasteiger partial charge in [0.15, 0.2) is 5.17 Å². The first-order valence-corrected chi connectivity index (χ1v) is 11.0. The number of hydrogen-bond acceptors (Lipinski definition) is 5. The molecule has 0 aliphatic carbocycles. The van der Waals surface area contributed by atoms with Crippen LogP contribution in [0.25, 0.3) is 0 Å². The Hall–Kier alpha value is -2.80. The van der Waals surface area contributed by atoms with Gasteiger partial charge in [-0.25, -0.2) is 4.99 Å². The van der Waals surface area contributed by atoms with E-state index in [2.05, 4.69) is 17.2 Å². The molecule has 1 saturated heterocycles. The number of amidine groups is 1. The van der Waals surface area contributed by atoms with E-state index in [1.165, 1.54) is 11.8 Å². The molecule has 2 amide bonds. The number of amides is 2. The van der Waals surface area contributed by atoms with Crippen molar-refractivity contribution < 1.29 is 14.3 Å². The van der Waals surface area contributed by atoms with Gasteiger partial charge in [-0.2, -0.15) is 0 Å². The van der Waals surface area contributed by atoms with E-state index in [0.29, 0.717) is 23.1 Å². The lowest BCUT2D eigenvalue weighted by Gasteiger charge is -2.16. The fourth-order valence-corrected chi connectivity index (χ4v) is 4.37. The summed E-state index contributed by atoms with van der Waals surface area (Å²) in [5.74, 6) is 0.310. The number of carbonyl (C=O) groups excluding carboxylic acids is 2. The fraction of sp³-hybridized carbons (Fsp3) is 0.348. The third-order valence-electron chi connectivity index (χ3n) is 4.74. The SMILES string of the molecule is CCCCCN1C(=O)[C@H](CC(=O)Nc2ccccc2OC)SC1=Nc1ccccc1. The van der Waals surface area contributed by atoms with Gasteiger partial charge in [0.05, 0.1) is 18.5 Å². The average Bonchev–Trinajstić information content (AvgIpc) is 3.03. The number of unbranched alkanes of at least 4 members (excludes halogenated alkanes) is 2. The van der Waals surface area contributed by atoms with Crippen LogP contribution in [0.5, 0.6) is 5.75 Å². The number of ether oxygens (including phenoxy) is 1. The van der Waals surface area contributed by atoms with Gasteiger partial charge >= 0.3 is 0 Å². The maximum atomic E-state index is 13.0. The van der Waals surface area contributed by atoms with Crippen molar-refractivity contribution >= 4 is 40.1 Å². The molecule has 1 aliphatic heterocycles. The lowest BCUT2D eigenvalue weighted by Crippen LogP contribution is -2.34. The topological polar surface area (TPSA) is 71.0 Å². The van der Waals surface area contributed by atoms with Crippen molar-refractivity contribution in [1.29, 1.82) is 0 Å². The second kappa shape index (κ2) is 10.8. The van der Waals surface area contributed by atoms with E-state index in [9.17, 15) is 9.59 Å². The number of hydrogen-bond donors (Lipinski definition) is 1. The highest BCUT2D eigenvalue weighted by Crippen LogP contribution is 2.32. The molecule has 30 heavy (non-hydrogen) atoms. The largest absolute Gasteiger partial charge is 0.495 e. The zero-order valence-corrected chi connectivity index (χ0v) is 18.2. The van der Waals surface area contributed by atoms with Crippen LogP contribution in [0.1, 0.15) is 32.6 Å². The average molecular weight is 426 g/mol. The number of nitrogens with zero attached hydrogens (tertiary/aromatic N) is 2. The molecule has 0 aromatic heterocycles. The smallest absolute Gasteiger partial charge is 0.242 e. The maximum absolute atomic E-state index is 13.0. The number of rotatable bonds is 9. The molecule has 1 N–H and O–H groups in total. The quantitative estimate of drug-likeness (QED) is 0.583. The van der Waals surface area contributed by atoms with Gasteiger partial charge < -0.3 is 10.1 Å². The van der Waals surface area contributed by atoms with Gasteiger partial charge in [-0.3, -0.25) is 14.5 Å². The van der Waals surface area contributed by atoms with Crippen LogP contribution in [0.4, 0.5) is 11.4 Å². The molecule has 3 rings (SSSR count). The molecule has 0 bridgehead atoms. The van der Waals surface area contributed by atoms with Crippen molar-refractivity contribution in [3.05, 3.63) is 54.6 Å². The minimum atomic E-state index is -0.483. The Labute approximate surface area is 181 Å². The highest BCUT2D eigenvalue weighted by atomic mass is 32.2. The van der Waals surface area contributed by atoms with Crippen molar-refractivity contribution in [2.24, 2.45) is 4.99 Å². The molecule has 2 aromatic carbocycles. The van der Waals surface area contributed by atoms with Crippen LogP contribution in [0.2, 0.25) is 0 Å². The van der Waals surface area contributed by atoms with Crippen LogP contribution in [-0.2, 0) is 9.59 Å². The summed E-state index contributed by atoms with van der Waals surface area (Å²) in [7, 11) is 1.56. The van der Waals surface area contributed by atoms with E-state index >= 15 is 0 Å². The number of aliphatic imine (C=N–C) groups is 1. The van der Waals surface area contributed by atoms with Gasteiger partial charge in [0, 0.05) is 13.0 Å². The van der Waals surface area contributed by atoms with E-state index in [1.807, 2.05) is 42.5 Å². The van der Waals surface area contributed by atoms with E-state index in [-0.39, 0.29) is 18.2 Å². The zero-order valence-electron chi connectivity index (χ0n) is 17.3.